The van der Waals surface area contributed by atoms with E-state index in [0.29, 0.717) is 22.4 Å². The molecular formula is C19H19ClN4O2. The molecule has 26 heavy (non-hydrogen) atoms. The number of imidazole rings is 1. The van der Waals surface area contributed by atoms with Gasteiger partial charge in [0.1, 0.15) is 17.8 Å². The third-order valence-electron chi connectivity index (χ3n) is 3.43. The van der Waals surface area contributed by atoms with Gasteiger partial charge in [-0.15, -0.1) is 0 Å². The third-order valence-corrected chi connectivity index (χ3v) is 3.68. The van der Waals surface area contributed by atoms with E-state index < -0.39 is 0 Å². The molecule has 0 unspecified atom stereocenters. The van der Waals surface area contributed by atoms with Crippen LogP contribution in [0.2, 0.25) is 5.02 Å². The molecule has 1 heterocycles. The molecule has 0 saturated carbocycles. The topological polar surface area (TPSA) is 51.9 Å². The van der Waals surface area contributed by atoms with Gasteiger partial charge in [0, 0.05) is 31.5 Å². The van der Waals surface area contributed by atoms with Crippen molar-refractivity contribution in [2.24, 2.45) is 5.10 Å². The van der Waals surface area contributed by atoms with Crippen molar-refractivity contribution in [3.05, 3.63) is 77.8 Å². The van der Waals surface area contributed by atoms with Gasteiger partial charge in [0.05, 0.1) is 5.56 Å². The first-order valence-electron chi connectivity index (χ1n) is 7.98. The van der Waals surface area contributed by atoms with Crippen LogP contribution in [-0.4, -0.2) is 41.3 Å². The Kier molecular flexibility index (Phi) is 5.76. The summed E-state index contributed by atoms with van der Waals surface area (Å²) in [5.74, 6) is 2.05. The predicted molar refractivity (Wildman–Crippen MR) is 102 cm³/mol. The van der Waals surface area contributed by atoms with Crippen molar-refractivity contribution in [1.82, 2.24) is 14.6 Å². The van der Waals surface area contributed by atoms with Gasteiger partial charge in [0.15, 0.2) is 5.84 Å². The monoisotopic (exact) mass is 370 g/mol. The first kappa shape index (κ1) is 17.8. The molecule has 7 heteroatoms. The molecule has 1 aromatic heterocycles. The van der Waals surface area contributed by atoms with Crippen LogP contribution in [-0.2, 0) is 0 Å². The number of benzene rings is 2. The number of aromatic nitrogens is 2. The lowest BCUT2D eigenvalue weighted by Crippen LogP contribution is -2.19. The Morgan fingerprint density at radius 3 is 2.58 bits per heavy atom. The average molecular weight is 371 g/mol. The van der Waals surface area contributed by atoms with E-state index in [2.05, 4.69) is 10.1 Å². The maximum absolute atomic E-state index is 5.88. The molecule has 0 fully saturated rings. The van der Waals surface area contributed by atoms with Gasteiger partial charge in [-0.25, -0.2) is 4.98 Å². The van der Waals surface area contributed by atoms with E-state index in [1.807, 2.05) is 49.1 Å². The summed E-state index contributed by atoms with van der Waals surface area (Å²) in [6.45, 7) is 0.0673. The highest BCUT2D eigenvalue weighted by atomic mass is 35.5. The van der Waals surface area contributed by atoms with Crippen LogP contribution in [0.5, 0.6) is 11.5 Å². The number of hydrogen-bond donors (Lipinski definition) is 0. The number of halogens is 1. The maximum Gasteiger partial charge on any atom is 0.230 e. The van der Waals surface area contributed by atoms with E-state index in [4.69, 9.17) is 21.1 Å². The number of para-hydroxylation sites is 1. The van der Waals surface area contributed by atoms with E-state index in [9.17, 15) is 0 Å². The van der Waals surface area contributed by atoms with Crippen molar-refractivity contribution >= 4 is 17.4 Å². The van der Waals surface area contributed by atoms with Crippen LogP contribution in [0.4, 0.5) is 0 Å². The highest BCUT2D eigenvalue weighted by molar-refractivity contribution is 6.30. The second-order valence-corrected chi connectivity index (χ2v) is 6.03. The smallest absolute Gasteiger partial charge is 0.230 e. The van der Waals surface area contributed by atoms with Crippen molar-refractivity contribution in [2.45, 2.75) is 0 Å². The van der Waals surface area contributed by atoms with Crippen LogP contribution >= 0.6 is 11.6 Å². The number of rotatable bonds is 6. The lowest BCUT2D eigenvalue weighted by atomic mass is 10.2. The van der Waals surface area contributed by atoms with E-state index in [1.165, 1.54) is 0 Å². The molecule has 0 aliphatic carbocycles. The molecule has 0 amide bonds. The van der Waals surface area contributed by atoms with Gasteiger partial charge in [-0.1, -0.05) is 23.7 Å². The number of ether oxygens (including phenoxy) is 2. The van der Waals surface area contributed by atoms with Crippen LogP contribution in [0.3, 0.4) is 0 Å². The third kappa shape index (κ3) is 4.55. The Morgan fingerprint density at radius 1 is 1.12 bits per heavy atom. The molecule has 0 radical (unpaired) electrons. The van der Waals surface area contributed by atoms with Crippen LogP contribution in [0.25, 0.3) is 0 Å². The molecule has 2 aromatic carbocycles. The summed E-state index contributed by atoms with van der Waals surface area (Å²) in [4.78, 5) is 4.10. The summed E-state index contributed by atoms with van der Waals surface area (Å²) in [5.41, 5.74) is 0.832. The molecule has 0 atom stereocenters. The van der Waals surface area contributed by atoms with E-state index in [1.54, 1.807) is 41.8 Å². The first-order valence-corrected chi connectivity index (χ1v) is 8.36. The van der Waals surface area contributed by atoms with Crippen LogP contribution in [0.15, 0.2) is 72.4 Å². The number of hydrogen-bond acceptors (Lipinski definition) is 5. The summed E-state index contributed by atoms with van der Waals surface area (Å²) >= 11 is 5.88. The van der Waals surface area contributed by atoms with Crippen molar-refractivity contribution in [3.8, 4) is 11.5 Å². The minimum Gasteiger partial charge on any atom is -0.458 e. The molecule has 0 aliphatic rings. The Labute approximate surface area is 157 Å². The van der Waals surface area contributed by atoms with Gasteiger partial charge in [-0.2, -0.15) is 5.10 Å². The first-order chi connectivity index (χ1) is 12.6. The number of hydrazone groups is 1. The van der Waals surface area contributed by atoms with Crippen LogP contribution in [0, 0.1) is 0 Å². The lowest BCUT2D eigenvalue weighted by molar-refractivity contribution is 0.119. The fourth-order valence-electron chi connectivity index (χ4n) is 2.29. The fourth-order valence-corrected chi connectivity index (χ4v) is 2.41. The zero-order valence-corrected chi connectivity index (χ0v) is 15.3. The highest BCUT2D eigenvalue weighted by Crippen LogP contribution is 2.21. The summed E-state index contributed by atoms with van der Waals surface area (Å²) in [6.07, 6.45) is 5.24. The van der Waals surface area contributed by atoms with Crippen molar-refractivity contribution in [3.63, 3.8) is 0 Å². The summed E-state index contributed by atoms with van der Waals surface area (Å²) in [7, 11) is 3.73. The van der Waals surface area contributed by atoms with E-state index in [-0.39, 0.29) is 6.79 Å². The average Bonchev–Trinajstić information content (AvgIpc) is 3.16. The maximum atomic E-state index is 5.88. The van der Waals surface area contributed by atoms with Gasteiger partial charge in [-0.05, 0) is 36.4 Å². The lowest BCUT2D eigenvalue weighted by Gasteiger charge is -2.16. The molecule has 3 aromatic rings. The fraction of sp³-hybridized carbons (Fsp3) is 0.158. The largest absolute Gasteiger partial charge is 0.458 e. The van der Waals surface area contributed by atoms with Gasteiger partial charge in [-0.3, -0.25) is 4.57 Å². The molecule has 0 bridgehead atoms. The SMILES string of the molecule is CN(C)/N=C(\c1ccccc1OCOc1ccc(Cl)cc1)n1ccnc1. The summed E-state index contributed by atoms with van der Waals surface area (Å²) in [5, 5.41) is 6.96. The van der Waals surface area contributed by atoms with Crippen molar-refractivity contribution in [1.29, 1.82) is 0 Å². The summed E-state index contributed by atoms with van der Waals surface area (Å²) < 4.78 is 13.3. The molecule has 0 saturated heterocycles. The Morgan fingerprint density at radius 2 is 1.88 bits per heavy atom. The minimum atomic E-state index is 0.0673. The van der Waals surface area contributed by atoms with Crippen molar-refractivity contribution in [2.75, 3.05) is 20.9 Å². The number of nitrogens with zero attached hydrogens (tertiary/aromatic N) is 4. The molecular weight excluding hydrogens is 352 g/mol. The zero-order chi connectivity index (χ0) is 18.4. The zero-order valence-electron chi connectivity index (χ0n) is 14.5. The second kappa shape index (κ2) is 8.40. The van der Waals surface area contributed by atoms with Gasteiger partial charge in [0.25, 0.3) is 0 Å². The highest BCUT2D eigenvalue weighted by Gasteiger charge is 2.13. The van der Waals surface area contributed by atoms with Gasteiger partial charge < -0.3 is 14.5 Å². The molecule has 0 aliphatic heterocycles. The molecule has 0 spiro atoms. The Bertz CT molecular complexity index is 862. The Balaban J connectivity index is 1.79. The predicted octanol–water partition coefficient (Wildman–Crippen LogP) is 3.72. The summed E-state index contributed by atoms with van der Waals surface area (Å²) in [6, 6.07) is 14.8. The van der Waals surface area contributed by atoms with E-state index in [0.717, 1.165) is 5.56 Å². The van der Waals surface area contributed by atoms with E-state index >= 15 is 0 Å². The molecule has 0 N–H and O–H groups in total. The molecule has 6 nitrogen and oxygen atoms in total. The Hall–Kier alpha value is -2.99. The van der Waals surface area contributed by atoms with Gasteiger partial charge >= 0.3 is 0 Å². The van der Waals surface area contributed by atoms with Crippen LogP contribution < -0.4 is 9.47 Å². The quantitative estimate of drug-likeness (QED) is 0.287. The second-order valence-electron chi connectivity index (χ2n) is 5.60. The molecule has 134 valence electrons. The van der Waals surface area contributed by atoms with Crippen LogP contribution in [0.1, 0.15) is 5.56 Å². The molecule has 3 rings (SSSR count). The van der Waals surface area contributed by atoms with Crippen molar-refractivity contribution < 1.29 is 9.47 Å². The standard InChI is InChI=1S/C19H19ClN4O2/c1-23(2)22-19(24-12-11-21-13-24)17-5-3-4-6-18(17)26-14-25-16-9-7-15(20)8-10-16/h3-13H,14H2,1-2H3/b22-19+. The van der Waals surface area contributed by atoms with Gasteiger partial charge in [0.2, 0.25) is 6.79 Å². The normalized spacial score (nSPS) is 11.3. The minimum absolute atomic E-state index is 0.0673.